The topological polar surface area (TPSA) is 56.2 Å². The number of anilines is 1. The van der Waals surface area contributed by atoms with E-state index in [-0.39, 0.29) is 5.95 Å². The summed E-state index contributed by atoms with van der Waals surface area (Å²) in [6.45, 7) is 0. The molecule has 0 radical (unpaired) electrons. The van der Waals surface area contributed by atoms with Gasteiger partial charge in [-0.3, -0.25) is 0 Å². The van der Waals surface area contributed by atoms with Crippen LogP contribution in [0.25, 0.3) is 16.8 Å². The first-order valence-corrected chi connectivity index (χ1v) is 5.48. The zero-order valence-corrected chi connectivity index (χ0v) is 9.59. The molecule has 4 nitrogen and oxygen atoms in total. The van der Waals surface area contributed by atoms with Crippen molar-refractivity contribution in [2.45, 2.75) is 0 Å². The van der Waals surface area contributed by atoms with Gasteiger partial charge in [0.05, 0.1) is 5.02 Å². The van der Waals surface area contributed by atoms with E-state index in [1.165, 1.54) is 0 Å². The Bertz CT molecular complexity index is 676. The summed E-state index contributed by atoms with van der Waals surface area (Å²) >= 11 is 6.05. The Morgan fingerprint density at radius 3 is 2.71 bits per heavy atom. The van der Waals surface area contributed by atoms with Gasteiger partial charge in [0, 0.05) is 11.8 Å². The molecule has 2 aromatic heterocycles. The number of nitrogens with zero attached hydrogens (tertiary/aromatic N) is 3. The Balaban J connectivity index is 2.35. The standard InChI is InChI=1S/C12H9ClN4/c13-9-6-10(8-4-2-1-3-5-8)11-15-12(14)16-17(11)7-9/h1-7H,(H2,14,16). The van der Waals surface area contributed by atoms with Crippen molar-refractivity contribution in [1.29, 1.82) is 0 Å². The van der Waals surface area contributed by atoms with Gasteiger partial charge in [-0.1, -0.05) is 41.9 Å². The molecule has 0 spiro atoms. The lowest BCUT2D eigenvalue weighted by molar-refractivity contribution is 0.969. The van der Waals surface area contributed by atoms with Crippen LogP contribution in [0.15, 0.2) is 42.6 Å². The molecule has 0 fully saturated rings. The molecule has 84 valence electrons. The number of nitrogens with two attached hydrogens (primary N) is 1. The van der Waals surface area contributed by atoms with Gasteiger partial charge in [-0.25, -0.2) is 4.52 Å². The zero-order valence-electron chi connectivity index (χ0n) is 8.84. The van der Waals surface area contributed by atoms with Crippen LogP contribution in [0.2, 0.25) is 5.02 Å². The monoisotopic (exact) mass is 244 g/mol. The molecular weight excluding hydrogens is 236 g/mol. The van der Waals surface area contributed by atoms with Crippen LogP contribution in [0.3, 0.4) is 0 Å². The Morgan fingerprint density at radius 2 is 1.94 bits per heavy atom. The molecule has 0 aliphatic carbocycles. The summed E-state index contributed by atoms with van der Waals surface area (Å²) in [5.41, 5.74) is 8.26. The minimum atomic E-state index is 0.240. The maximum absolute atomic E-state index is 6.05. The first-order valence-electron chi connectivity index (χ1n) is 5.11. The van der Waals surface area contributed by atoms with Gasteiger partial charge in [-0.2, -0.15) is 4.98 Å². The molecule has 2 heterocycles. The molecule has 0 unspecified atom stereocenters. The third-order valence-corrected chi connectivity index (χ3v) is 2.71. The maximum Gasteiger partial charge on any atom is 0.240 e. The Kier molecular flexibility index (Phi) is 2.23. The lowest BCUT2D eigenvalue weighted by Gasteiger charge is -2.03. The van der Waals surface area contributed by atoms with E-state index in [4.69, 9.17) is 17.3 Å². The Hall–Kier alpha value is -2.07. The predicted molar refractivity (Wildman–Crippen MR) is 67.8 cm³/mol. The number of pyridine rings is 1. The van der Waals surface area contributed by atoms with Crippen molar-refractivity contribution in [2.75, 3.05) is 5.73 Å². The van der Waals surface area contributed by atoms with Crippen LogP contribution in [0, 0.1) is 0 Å². The van der Waals surface area contributed by atoms with E-state index < -0.39 is 0 Å². The molecule has 0 saturated heterocycles. The SMILES string of the molecule is Nc1nc2c(-c3ccccc3)cc(Cl)cn2n1. The van der Waals surface area contributed by atoms with Gasteiger partial charge in [0.2, 0.25) is 5.95 Å². The Labute approximate surface area is 103 Å². The molecule has 2 N–H and O–H groups in total. The highest BCUT2D eigenvalue weighted by Gasteiger charge is 2.09. The van der Waals surface area contributed by atoms with E-state index in [1.54, 1.807) is 10.7 Å². The number of aromatic nitrogens is 3. The van der Waals surface area contributed by atoms with Crippen LogP contribution in [0.1, 0.15) is 0 Å². The number of fused-ring (bicyclic) bond motifs is 1. The molecule has 3 aromatic rings. The Morgan fingerprint density at radius 1 is 1.18 bits per heavy atom. The number of hydrogen-bond donors (Lipinski definition) is 1. The molecule has 0 atom stereocenters. The summed E-state index contributed by atoms with van der Waals surface area (Å²) in [5.74, 6) is 0.240. The highest BCUT2D eigenvalue weighted by atomic mass is 35.5. The first-order chi connectivity index (χ1) is 8.24. The number of nitrogen functional groups attached to an aromatic ring is 1. The van der Waals surface area contributed by atoms with Crippen LogP contribution in [0.5, 0.6) is 0 Å². The van der Waals surface area contributed by atoms with Crippen LogP contribution in [-0.2, 0) is 0 Å². The van der Waals surface area contributed by atoms with Gasteiger partial charge in [0.15, 0.2) is 5.65 Å². The fraction of sp³-hybridized carbons (Fsp3) is 0. The molecule has 0 aliphatic rings. The van der Waals surface area contributed by atoms with Crippen molar-refractivity contribution in [1.82, 2.24) is 14.6 Å². The summed E-state index contributed by atoms with van der Waals surface area (Å²) in [4.78, 5) is 4.20. The van der Waals surface area contributed by atoms with Gasteiger partial charge in [0.25, 0.3) is 0 Å². The second-order valence-electron chi connectivity index (χ2n) is 3.68. The molecule has 17 heavy (non-hydrogen) atoms. The van der Waals surface area contributed by atoms with Crippen molar-refractivity contribution in [2.24, 2.45) is 0 Å². The maximum atomic E-state index is 6.05. The average molecular weight is 245 g/mol. The zero-order chi connectivity index (χ0) is 11.8. The largest absolute Gasteiger partial charge is 0.366 e. The second kappa shape index (κ2) is 3.75. The van der Waals surface area contributed by atoms with Crippen molar-refractivity contribution in [3.8, 4) is 11.1 Å². The molecule has 3 rings (SSSR count). The van der Waals surface area contributed by atoms with Crippen molar-refractivity contribution in [3.05, 3.63) is 47.6 Å². The molecule has 1 aromatic carbocycles. The van der Waals surface area contributed by atoms with E-state index >= 15 is 0 Å². The van der Waals surface area contributed by atoms with E-state index in [9.17, 15) is 0 Å². The summed E-state index contributed by atoms with van der Waals surface area (Å²) in [5, 5.41) is 4.66. The van der Waals surface area contributed by atoms with E-state index in [1.807, 2.05) is 36.4 Å². The second-order valence-corrected chi connectivity index (χ2v) is 4.11. The molecule has 0 bridgehead atoms. The number of rotatable bonds is 1. The molecule has 0 aliphatic heterocycles. The summed E-state index contributed by atoms with van der Waals surface area (Å²) in [7, 11) is 0. The molecule has 0 amide bonds. The smallest absolute Gasteiger partial charge is 0.240 e. The number of benzene rings is 1. The fourth-order valence-electron chi connectivity index (χ4n) is 1.80. The third-order valence-electron chi connectivity index (χ3n) is 2.50. The predicted octanol–water partition coefficient (Wildman–Crippen LogP) is 2.63. The number of hydrogen-bond acceptors (Lipinski definition) is 3. The normalized spacial score (nSPS) is 10.9. The molecular formula is C12H9ClN4. The molecule has 0 saturated carbocycles. The number of halogens is 1. The van der Waals surface area contributed by atoms with Crippen LogP contribution in [-0.4, -0.2) is 14.6 Å². The van der Waals surface area contributed by atoms with Gasteiger partial charge in [-0.05, 0) is 11.6 Å². The van der Waals surface area contributed by atoms with Crippen molar-refractivity contribution >= 4 is 23.2 Å². The third kappa shape index (κ3) is 1.72. The van der Waals surface area contributed by atoms with Gasteiger partial charge in [0.1, 0.15) is 0 Å². The van der Waals surface area contributed by atoms with Gasteiger partial charge in [-0.15, -0.1) is 5.10 Å². The highest BCUT2D eigenvalue weighted by molar-refractivity contribution is 6.30. The van der Waals surface area contributed by atoms with E-state index in [0.29, 0.717) is 10.7 Å². The van der Waals surface area contributed by atoms with Gasteiger partial charge >= 0.3 is 0 Å². The minimum Gasteiger partial charge on any atom is -0.366 e. The minimum absolute atomic E-state index is 0.240. The quantitative estimate of drug-likeness (QED) is 0.716. The lowest BCUT2D eigenvalue weighted by atomic mass is 10.1. The summed E-state index contributed by atoms with van der Waals surface area (Å²) in [6, 6.07) is 11.7. The van der Waals surface area contributed by atoms with Crippen molar-refractivity contribution in [3.63, 3.8) is 0 Å². The highest BCUT2D eigenvalue weighted by Crippen LogP contribution is 2.26. The van der Waals surface area contributed by atoms with Crippen LogP contribution >= 0.6 is 11.6 Å². The van der Waals surface area contributed by atoms with Crippen LogP contribution in [0.4, 0.5) is 5.95 Å². The summed E-state index contributed by atoms with van der Waals surface area (Å²) in [6.07, 6.45) is 1.69. The van der Waals surface area contributed by atoms with Gasteiger partial charge < -0.3 is 5.73 Å². The fourth-order valence-corrected chi connectivity index (χ4v) is 2.00. The van der Waals surface area contributed by atoms with E-state index in [0.717, 1.165) is 11.1 Å². The van der Waals surface area contributed by atoms with E-state index in [2.05, 4.69) is 10.1 Å². The summed E-state index contributed by atoms with van der Waals surface area (Å²) < 4.78 is 1.60. The lowest BCUT2D eigenvalue weighted by Crippen LogP contribution is -1.91. The average Bonchev–Trinajstić information content (AvgIpc) is 2.69. The van der Waals surface area contributed by atoms with Crippen molar-refractivity contribution < 1.29 is 0 Å². The van der Waals surface area contributed by atoms with Crippen LogP contribution < -0.4 is 5.73 Å². The molecule has 5 heteroatoms. The first kappa shape index (κ1) is 10.1.